The van der Waals surface area contributed by atoms with Crippen molar-refractivity contribution in [3.05, 3.63) is 76.9 Å². The van der Waals surface area contributed by atoms with Crippen molar-refractivity contribution < 1.29 is 14.0 Å². The number of fused-ring (bicyclic) bond motifs is 1. The lowest BCUT2D eigenvalue weighted by Gasteiger charge is -2.17. The monoisotopic (exact) mass is 431 g/mol. The molecule has 0 saturated heterocycles. The minimum absolute atomic E-state index is 0.139. The Hall–Kier alpha value is -4.21. The third-order valence-electron chi connectivity index (χ3n) is 5.50. The highest BCUT2D eigenvalue weighted by Crippen LogP contribution is 2.36. The summed E-state index contributed by atoms with van der Waals surface area (Å²) in [6, 6.07) is 12.7. The molecule has 0 spiro atoms. The van der Waals surface area contributed by atoms with Gasteiger partial charge in [-0.15, -0.1) is 5.10 Å². The van der Waals surface area contributed by atoms with Crippen LogP contribution in [-0.4, -0.2) is 41.8 Å². The zero-order valence-electron chi connectivity index (χ0n) is 17.4. The Kier molecular flexibility index (Phi) is 4.62. The molecule has 0 bridgehead atoms. The number of carbonyl (C=O) groups excluding carboxylic acids is 2. The highest BCUT2D eigenvalue weighted by atomic mass is 19.1. The van der Waals surface area contributed by atoms with Crippen molar-refractivity contribution >= 4 is 17.6 Å². The number of rotatable bonds is 5. The topological polar surface area (TPSA) is 98.8 Å². The number of halogens is 1. The number of hydrogen-bond donors (Lipinski definition) is 0. The Morgan fingerprint density at radius 2 is 1.62 bits per heavy atom. The van der Waals surface area contributed by atoms with Gasteiger partial charge in [0.25, 0.3) is 11.8 Å². The second-order valence-corrected chi connectivity index (χ2v) is 7.38. The summed E-state index contributed by atoms with van der Waals surface area (Å²) in [5.74, 6) is -0.331. The number of anilines is 1. The van der Waals surface area contributed by atoms with E-state index < -0.39 is 11.8 Å². The summed E-state index contributed by atoms with van der Waals surface area (Å²) in [4.78, 5) is 27.7. The summed E-state index contributed by atoms with van der Waals surface area (Å²) in [6.45, 7) is 2.06. The van der Waals surface area contributed by atoms with Gasteiger partial charge in [0.1, 0.15) is 18.2 Å². The molecule has 2 amide bonds. The molecule has 160 valence electrons. The fraction of sp³-hybridized carbons (Fsp3) is 0.182. The van der Waals surface area contributed by atoms with Crippen molar-refractivity contribution in [2.24, 2.45) is 7.05 Å². The van der Waals surface area contributed by atoms with Crippen LogP contribution in [-0.2, 0) is 20.0 Å². The van der Waals surface area contributed by atoms with E-state index in [1.165, 1.54) is 16.8 Å². The Balaban J connectivity index is 1.71. The Morgan fingerprint density at radius 3 is 2.19 bits per heavy atom. The summed E-state index contributed by atoms with van der Waals surface area (Å²) >= 11 is 0. The second-order valence-electron chi connectivity index (χ2n) is 7.38. The van der Waals surface area contributed by atoms with Crippen LogP contribution in [0.25, 0.3) is 11.3 Å². The number of nitrogens with zero attached hydrogens (tertiary/aromatic N) is 7. The molecule has 5 rings (SSSR count). The van der Waals surface area contributed by atoms with Crippen molar-refractivity contribution in [3.8, 4) is 11.3 Å². The molecule has 2 aromatic heterocycles. The molecule has 0 radical (unpaired) electrons. The van der Waals surface area contributed by atoms with Crippen molar-refractivity contribution in [2.45, 2.75) is 19.9 Å². The number of amides is 2. The molecular weight excluding hydrogens is 413 g/mol. The van der Waals surface area contributed by atoms with Crippen molar-refractivity contribution in [3.63, 3.8) is 0 Å². The molecule has 0 N–H and O–H groups in total. The second kappa shape index (κ2) is 7.49. The maximum atomic E-state index is 13.5. The van der Waals surface area contributed by atoms with Gasteiger partial charge < -0.3 is 0 Å². The van der Waals surface area contributed by atoms with Crippen LogP contribution in [0, 0.1) is 5.82 Å². The van der Waals surface area contributed by atoms with Gasteiger partial charge >= 0.3 is 0 Å². The standard InChI is InChI=1S/C22H18FN7O2/c1-3-15-19(13-8-10-14(23)11-9-13)25-29(12-18-24-26-27-28(18)2)20(15)30-21(31)16-6-4-5-7-17(16)22(30)32/h4-11H,3,12H2,1-2H3. The average Bonchev–Trinajstić information content (AvgIpc) is 3.44. The number of hydrogen-bond acceptors (Lipinski definition) is 6. The minimum Gasteiger partial charge on any atom is -0.268 e. The van der Waals surface area contributed by atoms with Crippen LogP contribution in [0.15, 0.2) is 48.5 Å². The first-order valence-electron chi connectivity index (χ1n) is 10.0. The zero-order valence-corrected chi connectivity index (χ0v) is 17.4. The first-order chi connectivity index (χ1) is 15.5. The summed E-state index contributed by atoms with van der Waals surface area (Å²) in [6.07, 6.45) is 0.493. The molecule has 10 heteroatoms. The smallest absolute Gasteiger partial charge is 0.267 e. The van der Waals surface area contributed by atoms with Gasteiger partial charge in [-0.05, 0) is 53.2 Å². The van der Waals surface area contributed by atoms with Crippen molar-refractivity contribution in [2.75, 3.05) is 4.90 Å². The van der Waals surface area contributed by atoms with E-state index in [0.717, 1.165) is 4.90 Å². The van der Waals surface area contributed by atoms with Crippen LogP contribution in [0.1, 0.15) is 39.0 Å². The molecule has 0 unspecified atom stereocenters. The molecule has 1 aliphatic heterocycles. The summed E-state index contributed by atoms with van der Waals surface area (Å²) in [5.41, 5.74) is 2.62. The maximum absolute atomic E-state index is 13.5. The number of aromatic nitrogens is 6. The van der Waals surface area contributed by atoms with Gasteiger partial charge in [0.05, 0.1) is 16.8 Å². The van der Waals surface area contributed by atoms with E-state index >= 15 is 0 Å². The fourth-order valence-corrected chi connectivity index (χ4v) is 3.91. The number of benzene rings is 2. The van der Waals surface area contributed by atoms with Crippen LogP contribution in [0.3, 0.4) is 0 Å². The number of imide groups is 1. The van der Waals surface area contributed by atoms with Crippen LogP contribution in [0.2, 0.25) is 0 Å². The van der Waals surface area contributed by atoms with Gasteiger partial charge in [0.2, 0.25) is 0 Å². The predicted octanol–water partition coefficient (Wildman–Crippen LogP) is 2.62. The van der Waals surface area contributed by atoms with E-state index in [2.05, 4.69) is 15.5 Å². The minimum atomic E-state index is -0.414. The fourth-order valence-electron chi connectivity index (χ4n) is 3.91. The van der Waals surface area contributed by atoms with Crippen LogP contribution in [0.5, 0.6) is 0 Å². The SMILES string of the molecule is CCc1c(-c2ccc(F)cc2)nn(Cc2nnnn2C)c1N1C(=O)c2ccccc2C1=O. The van der Waals surface area contributed by atoms with E-state index in [9.17, 15) is 14.0 Å². The Labute approximate surface area is 182 Å². The van der Waals surface area contributed by atoms with Crippen molar-refractivity contribution in [1.29, 1.82) is 0 Å². The molecule has 0 atom stereocenters. The zero-order chi connectivity index (χ0) is 22.4. The molecule has 32 heavy (non-hydrogen) atoms. The van der Waals surface area contributed by atoms with Crippen LogP contribution in [0.4, 0.5) is 10.2 Å². The molecule has 0 fully saturated rings. The third-order valence-corrected chi connectivity index (χ3v) is 5.50. The van der Waals surface area contributed by atoms with Gasteiger partial charge in [-0.25, -0.2) is 18.7 Å². The predicted molar refractivity (Wildman–Crippen MR) is 112 cm³/mol. The van der Waals surface area contributed by atoms with E-state index in [1.54, 1.807) is 48.1 Å². The molecule has 0 aliphatic carbocycles. The number of carbonyl (C=O) groups is 2. The van der Waals surface area contributed by atoms with E-state index in [-0.39, 0.29) is 12.4 Å². The molecular formula is C22H18FN7O2. The summed E-state index contributed by atoms with van der Waals surface area (Å²) in [7, 11) is 1.70. The molecule has 0 saturated carbocycles. The summed E-state index contributed by atoms with van der Waals surface area (Å²) in [5, 5.41) is 16.2. The molecule has 9 nitrogen and oxygen atoms in total. The third kappa shape index (κ3) is 2.99. The first-order valence-corrected chi connectivity index (χ1v) is 10.0. The van der Waals surface area contributed by atoms with Gasteiger partial charge in [0, 0.05) is 18.2 Å². The lowest BCUT2D eigenvalue weighted by atomic mass is 10.1. The van der Waals surface area contributed by atoms with Crippen molar-refractivity contribution in [1.82, 2.24) is 30.0 Å². The van der Waals surface area contributed by atoms with E-state index in [1.807, 2.05) is 6.92 Å². The van der Waals surface area contributed by atoms with Gasteiger partial charge in [-0.3, -0.25) is 9.59 Å². The lowest BCUT2D eigenvalue weighted by Crippen LogP contribution is -2.32. The van der Waals surface area contributed by atoms with Gasteiger partial charge in [-0.1, -0.05) is 19.1 Å². The molecule has 3 heterocycles. The van der Waals surface area contributed by atoms with Gasteiger partial charge in [-0.2, -0.15) is 5.10 Å². The lowest BCUT2D eigenvalue weighted by molar-refractivity contribution is 0.0923. The largest absolute Gasteiger partial charge is 0.268 e. The highest BCUT2D eigenvalue weighted by Gasteiger charge is 2.40. The van der Waals surface area contributed by atoms with E-state index in [4.69, 9.17) is 5.10 Å². The molecule has 1 aliphatic rings. The average molecular weight is 431 g/mol. The summed E-state index contributed by atoms with van der Waals surface area (Å²) < 4.78 is 16.6. The van der Waals surface area contributed by atoms with Crippen LogP contribution >= 0.6 is 0 Å². The quantitative estimate of drug-likeness (QED) is 0.451. The highest BCUT2D eigenvalue weighted by molar-refractivity contribution is 6.34. The Morgan fingerprint density at radius 1 is 0.969 bits per heavy atom. The first kappa shape index (κ1) is 19.7. The van der Waals surface area contributed by atoms with Crippen LogP contribution < -0.4 is 4.90 Å². The Bertz CT molecular complexity index is 1320. The normalized spacial score (nSPS) is 13.2. The van der Waals surface area contributed by atoms with Gasteiger partial charge in [0.15, 0.2) is 5.82 Å². The number of aryl methyl sites for hydroxylation is 1. The molecule has 4 aromatic rings. The number of tetrazole rings is 1. The molecule has 2 aromatic carbocycles. The van der Waals surface area contributed by atoms with E-state index in [0.29, 0.717) is 46.0 Å². The maximum Gasteiger partial charge on any atom is 0.267 e.